The molecule has 4 aromatic rings. The third-order valence-corrected chi connectivity index (χ3v) is 12.9. The third-order valence-electron chi connectivity index (χ3n) is 12.9. The van der Waals surface area contributed by atoms with Gasteiger partial charge in [-0.25, -0.2) is 9.67 Å². The van der Waals surface area contributed by atoms with E-state index in [0.29, 0.717) is 49.1 Å². The molecule has 55 heavy (non-hydrogen) atoms. The highest BCUT2D eigenvalue weighted by molar-refractivity contribution is 6.19. The molecular formula is C42H49N9O4. The van der Waals surface area contributed by atoms with E-state index < -0.39 is 17.4 Å². The zero-order valence-corrected chi connectivity index (χ0v) is 31.3. The molecule has 3 saturated heterocycles. The van der Waals surface area contributed by atoms with Gasteiger partial charge in [-0.15, -0.1) is 0 Å². The van der Waals surface area contributed by atoms with Crippen LogP contribution in [0.5, 0.6) is 0 Å². The number of carbonyl (C=O) groups is 2. The lowest BCUT2D eigenvalue weighted by atomic mass is 9.91. The Bertz CT molecular complexity index is 1990. The zero-order valence-electron chi connectivity index (χ0n) is 31.3. The summed E-state index contributed by atoms with van der Waals surface area (Å²) in [7, 11) is 0. The number of anilines is 1. The molecule has 0 radical (unpaired) electrons. The SMILES string of the molecule is CCn1ncc2c(NC3CCOCC3)c(C3=NOC(C(=O)NC4C5CN(Cc6ccccc6)CC54)(C(=O)NC4C5CN(Cc6ccccc6)CC54)C3)cnc21. The number of piperidine rings is 2. The van der Waals surface area contributed by atoms with Crippen molar-refractivity contribution in [3.05, 3.63) is 89.7 Å². The Labute approximate surface area is 320 Å². The van der Waals surface area contributed by atoms with Crippen molar-refractivity contribution in [2.75, 3.05) is 44.7 Å². The molecule has 0 bridgehead atoms. The number of hydrogen-bond acceptors (Lipinski definition) is 10. The second-order valence-electron chi connectivity index (χ2n) is 16.4. The van der Waals surface area contributed by atoms with Gasteiger partial charge in [0.1, 0.15) is 0 Å². The number of ether oxygens (including phenoxy) is 1. The van der Waals surface area contributed by atoms with E-state index >= 15 is 0 Å². The van der Waals surface area contributed by atoms with Crippen molar-refractivity contribution in [2.45, 2.75) is 69.5 Å². The average Bonchev–Trinajstić information content (AvgIpc) is 3.66. The number of likely N-dealkylation sites (tertiary alicyclic amines) is 2. The number of rotatable bonds is 12. The van der Waals surface area contributed by atoms with Crippen LogP contribution in [0.25, 0.3) is 11.0 Å². The molecule has 6 aliphatic rings. The summed E-state index contributed by atoms with van der Waals surface area (Å²) in [4.78, 5) is 45.0. The van der Waals surface area contributed by atoms with E-state index in [1.54, 1.807) is 6.20 Å². The predicted molar refractivity (Wildman–Crippen MR) is 207 cm³/mol. The number of carbonyl (C=O) groups excluding carboxylic acids is 2. The fourth-order valence-corrected chi connectivity index (χ4v) is 9.74. The molecule has 2 amide bonds. The van der Waals surface area contributed by atoms with Crippen LogP contribution in [0.15, 0.2) is 78.2 Å². The van der Waals surface area contributed by atoms with Gasteiger partial charge in [0.15, 0.2) is 5.65 Å². The Hall–Kier alpha value is -4.85. The summed E-state index contributed by atoms with van der Waals surface area (Å²) in [6, 6.07) is 21.2. The first-order valence-electron chi connectivity index (χ1n) is 20.1. The fourth-order valence-electron chi connectivity index (χ4n) is 9.74. The molecule has 286 valence electrons. The third kappa shape index (κ3) is 6.45. The van der Waals surface area contributed by atoms with Crippen molar-refractivity contribution in [3.63, 3.8) is 0 Å². The number of aryl methyl sites for hydroxylation is 1. The number of hydrogen-bond donors (Lipinski definition) is 3. The van der Waals surface area contributed by atoms with Gasteiger partial charge in [0.2, 0.25) is 0 Å². The smallest absolute Gasteiger partial charge is 0.297 e. The topological polar surface area (TPSA) is 138 Å². The lowest BCUT2D eigenvalue weighted by molar-refractivity contribution is -0.158. The summed E-state index contributed by atoms with van der Waals surface area (Å²) >= 11 is 0. The van der Waals surface area contributed by atoms with Gasteiger partial charge < -0.3 is 25.5 Å². The van der Waals surface area contributed by atoms with E-state index in [9.17, 15) is 9.59 Å². The van der Waals surface area contributed by atoms with Gasteiger partial charge >= 0.3 is 0 Å². The van der Waals surface area contributed by atoms with Crippen LogP contribution in [0.3, 0.4) is 0 Å². The molecule has 2 aliphatic carbocycles. The number of fused-ring (bicyclic) bond motifs is 3. The number of amides is 2. The Kier molecular flexibility index (Phi) is 8.83. The van der Waals surface area contributed by atoms with Crippen LogP contribution in [-0.2, 0) is 38.8 Å². The van der Waals surface area contributed by atoms with Gasteiger partial charge in [-0.1, -0.05) is 65.8 Å². The predicted octanol–water partition coefficient (Wildman–Crippen LogP) is 3.40. The normalized spacial score (nSPS) is 30.0. The maximum Gasteiger partial charge on any atom is 0.297 e. The Balaban J connectivity index is 0.876. The quantitative estimate of drug-likeness (QED) is 0.187. The zero-order chi connectivity index (χ0) is 37.1. The first kappa shape index (κ1) is 34.6. The number of benzene rings is 2. The van der Waals surface area contributed by atoms with E-state index in [1.807, 2.05) is 29.9 Å². The van der Waals surface area contributed by atoms with Crippen molar-refractivity contribution in [1.29, 1.82) is 0 Å². The molecule has 3 N–H and O–H groups in total. The van der Waals surface area contributed by atoms with Gasteiger partial charge in [0.05, 0.1) is 29.4 Å². The largest absolute Gasteiger partial charge is 0.381 e. The molecule has 2 saturated carbocycles. The maximum atomic E-state index is 14.5. The number of aromatic nitrogens is 3. The second kappa shape index (κ2) is 14.0. The molecule has 0 spiro atoms. The van der Waals surface area contributed by atoms with Crippen LogP contribution in [0, 0.1) is 23.7 Å². The summed E-state index contributed by atoms with van der Waals surface area (Å²) in [5.41, 5.74) is 3.61. The summed E-state index contributed by atoms with van der Waals surface area (Å²) in [5, 5.41) is 20.3. The molecule has 10 rings (SSSR count). The highest BCUT2D eigenvalue weighted by Crippen LogP contribution is 2.48. The lowest BCUT2D eigenvalue weighted by Gasteiger charge is -2.27. The van der Waals surface area contributed by atoms with Gasteiger partial charge in [-0.3, -0.25) is 19.4 Å². The van der Waals surface area contributed by atoms with E-state index in [-0.39, 0.29) is 24.5 Å². The molecule has 4 aliphatic heterocycles. The minimum atomic E-state index is -1.82. The van der Waals surface area contributed by atoms with Gasteiger partial charge in [-0.2, -0.15) is 5.10 Å². The Morgan fingerprint density at radius 3 is 1.91 bits per heavy atom. The van der Waals surface area contributed by atoms with E-state index in [2.05, 4.69) is 84.5 Å². The minimum absolute atomic E-state index is 0.00654. The molecule has 2 aromatic carbocycles. The van der Waals surface area contributed by atoms with Crippen molar-refractivity contribution in [2.24, 2.45) is 28.8 Å². The number of nitrogens with zero attached hydrogens (tertiary/aromatic N) is 6. The van der Waals surface area contributed by atoms with Crippen LogP contribution in [-0.4, -0.2) is 105 Å². The maximum absolute atomic E-state index is 14.5. The van der Waals surface area contributed by atoms with Gasteiger partial charge in [0, 0.05) is 88.9 Å². The average molecular weight is 744 g/mol. The molecular weight excluding hydrogens is 695 g/mol. The first-order valence-corrected chi connectivity index (χ1v) is 20.1. The van der Waals surface area contributed by atoms with Crippen LogP contribution in [0.2, 0.25) is 0 Å². The number of nitrogens with one attached hydrogen (secondary N) is 3. The summed E-state index contributed by atoms with van der Waals surface area (Å²) in [6.45, 7) is 9.53. The van der Waals surface area contributed by atoms with E-state index in [4.69, 9.17) is 14.6 Å². The van der Waals surface area contributed by atoms with Crippen LogP contribution >= 0.6 is 0 Å². The van der Waals surface area contributed by atoms with Gasteiger partial charge in [-0.05, 0) is 54.6 Å². The van der Waals surface area contributed by atoms with E-state index in [0.717, 1.165) is 74.4 Å². The number of oxime groups is 1. The molecule has 6 heterocycles. The van der Waals surface area contributed by atoms with Crippen molar-refractivity contribution in [3.8, 4) is 0 Å². The Morgan fingerprint density at radius 1 is 0.800 bits per heavy atom. The first-order chi connectivity index (χ1) is 27.0. The van der Waals surface area contributed by atoms with Crippen LogP contribution in [0.4, 0.5) is 5.69 Å². The molecule has 4 atom stereocenters. The highest BCUT2D eigenvalue weighted by atomic mass is 16.7. The monoisotopic (exact) mass is 743 g/mol. The lowest BCUT2D eigenvalue weighted by Crippen LogP contribution is -2.59. The molecule has 13 nitrogen and oxygen atoms in total. The standard InChI is InChI=1S/C42H49N9O4/c1-2-51-39-30(19-44-51)36(45-28-13-15-54-16-14-28)29(18-43-39)35-17-42(55-48-35,40(52)46-37-31-22-49(23-32(31)37)20-26-9-5-3-6-10-26)41(53)47-38-33-24-50(25-34(33)38)21-27-11-7-4-8-12-27/h3-12,18-19,28,31-34,37-38H,2,13-17,20-25H2,1H3,(H,43,45)(H,46,52)(H,47,53). The van der Waals surface area contributed by atoms with Gasteiger partial charge in [0.25, 0.3) is 17.4 Å². The molecule has 5 fully saturated rings. The number of pyridine rings is 1. The fraction of sp³-hybridized carbons (Fsp3) is 0.500. The second-order valence-corrected chi connectivity index (χ2v) is 16.4. The summed E-state index contributed by atoms with van der Waals surface area (Å²) in [6.07, 6.45) is 5.35. The van der Waals surface area contributed by atoms with Crippen molar-refractivity contribution < 1.29 is 19.2 Å². The molecule has 13 heteroatoms. The van der Waals surface area contributed by atoms with E-state index in [1.165, 1.54) is 11.1 Å². The van der Waals surface area contributed by atoms with Crippen molar-refractivity contribution in [1.82, 2.24) is 35.2 Å². The Morgan fingerprint density at radius 2 is 1.36 bits per heavy atom. The van der Waals surface area contributed by atoms with Crippen LogP contribution in [0.1, 0.15) is 42.9 Å². The molecule has 4 unspecified atom stereocenters. The van der Waals surface area contributed by atoms with Crippen LogP contribution < -0.4 is 16.0 Å². The summed E-state index contributed by atoms with van der Waals surface area (Å²) < 4.78 is 7.51. The highest BCUT2D eigenvalue weighted by Gasteiger charge is 2.63. The van der Waals surface area contributed by atoms with Crippen molar-refractivity contribution >= 4 is 34.2 Å². The minimum Gasteiger partial charge on any atom is -0.381 e. The molecule has 2 aromatic heterocycles. The summed E-state index contributed by atoms with van der Waals surface area (Å²) in [5.74, 6) is 0.576.